The number of nitrogens with one attached hydrogen (secondary N) is 2. The Labute approximate surface area is 148 Å². The third kappa shape index (κ3) is 7.65. The van der Waals surface area contributed by atoms with Gasteiger partial charge >= 0.3 is 0 Å². The molecule has 5 heteroatoms. The van der Waals surface area contributed by atoms with Gasteiger partial charge in [-0.3, -0.25) is 9.59 Å². The fourth-order valence-electron chi connectivity index (χ4n) is 1.74. The summed E-state index contributed by atoms with van der Waals surface area (Å²) in [5.41, 5.74) is 2.76. The predicted octanol–water partition coefficient (Wildman–Crippen LogP) is 3.27. The molecule has 0 unspecified atom stereocenters. The molecule has 0 atom stereocenters. The second kappa shape index (κ2) is 11.1. The van der Waals surface area contributed by atoms with Crippen LogP contribution in [0.4, 0.5) is 0 Å². The third-order valence-electron chi connectivity index (χ3n) is 3.10. The molecule has 2 N–H and O–H groups in total. The van der Waals surface area contributed by atoms with Gasteiger partial charge in [-0.1, -0.05) is 48.6 Å². The molecule has 0 fully saturated rings. The number of rotatable bonds is 8. The zero-order valence-corrected chi connectivity index (χ0v) is 14.7. The molecular weight excluding hydrogens is 320 g/mol. The summed E-state index contributed by atoms with van der Waals surface area (Å²) >= 11 is 4.29. The van der Waals surface area contributed by atoms with Crippen LogP contribution in [0.25, 0.3) is 0 Å². The summed E-state index contributed by atoms with van der Waals surface area (Å²) in [5, 5.41) is 5.28. The standard InChI is InChI=1S/C19H22N2O2S/c1-15(11-12-20-14-22)7-6-8-16(2)18(24)19(23)21-13-17-9-4-3-5-10-17/h3-12,14,24H,13H2,1-2H3,(H,20,22)(H,21,23)/b8-6+,12-11-,15-7-,18-16-. The lowest BCUT2D eigenvalue weighted by atomic mass is 10.2. The Hall–Kier alpha value is -2.53. The summed E-state index contributed by atoms with van der Waals surface area (Å²) in [6.07, 6.45) is 9.44. The van der Waals surface area contributed by atoms with Gasteiger partial charge in [0, 0.05) is 12.7 Å². The summed E-state index contributed by atoms with van der Waals surface area (Å²) in [6.45, 7) is 4.20. The van der Waals surface area contributed by atoms with Gasteiger partial charge in [-0.2, -0.15) is 0 Å². The molecule has 0 heterocycles. The highest BCUT2D eigenvalue weighted by molar-refractivity contribution is 7.85. The average Bonchev–Trinajstić information content (AvgIpc) is 2.60. The minimum atomic E-state index is -0.208. The van der Waals surface area contributed by atoms with Crippen LogP contribution in [0.2, 0.25) is 0 Å². The number of hydrogen-bond acceptors (Lipinski definition) is 3. The summed E-state index contributed by atoms with van der Waals surface area (Å²) < 4.78 is 0. The number of carbonyl (C=O) groups excluding carboxylic acids is 2. The van der Waals surface area contributed by atoms with Gasteiger partial charge in [0.05, 0.1) is 4.91 Å². The smallest absolute Gasteiger partial charge is 0.257 e. The van der Waals surface area contributed by atoms with Crippen molar-refractivity contribution in [3.63, 3.8) is 0 Å². The first-order valence-electron chi connectivity index (χ1n) is 7.47. The van der Waals surface area contributed by atoms with Crippen LogP contribution in [0.3, 0.4) is 0 Å². The molecule has 126 valence electrons. The molecule has 1 rings (SSSR count). The van der Waals surface area contributed by atoms with Gasteiger partial charge in [0.15, 0.2) is 0 Å². The summed E-state index contributed by atoms with van der Waals surface area (Å²) in [6, 6.07) is 9.70. The van der Waals surface area contributed by atoms with Gasteiger partial charge in [0.25, 0.3) is 5.91 Å². The van der Waals surface area contributed by atoms with E-state index in [1.807, 2.05) is 62.4 Å². The molecule has 4 nitrogen and oxygen atoms in total. The van der Waals surface area contributed by atoms with Crippen molar-refractivity contribution in [3.05, 3.63) is 82.5 Å². The summed E-state index contributed by atoms with van der Waals surface area (Å²) in [4.78, 5) is 22.6. The monoisotopic (exact) mass is 342 g/mol. The molecule has 0 radical (unpaired) electrons. The molecule has 1 aromatic rings. The van der Waals surface area contributed by atoms with Gasteiger partial charge in [-0.25, -0.2) is 0 Å². The van der Waals surface area contributed by atoms with Gasteiger partial charge in [-0.05, 0) is 36.6 Å². The molecule has 0 aliphatic heterocycles. The molecule has 0 saturated heterocycles. The number of thiol groups is 1. The molecule has 0 spiro atoms. The Morgan fingerprint density at radius 2 is 1.88 bits per heavy atom. The van der Waals surface area contributed by atoms with E-state index in [0.29, 0.717) is 17.9 Å². The van der Waals surface area contributed by atoms with Crippen molar-refractivity contribution in [1.82, 2.24) is 10.6 Å². The van der Waals surface area contributed by atoms with Crippen LogP contribution < -0.4 is 10.6 Å². The van der Waals surface area contributed by atoms with E-state index < -0.39 is 0 Å². The molecular formula is C19H22N2O2S. The van der Waals surface area contributed by atoms with Crippen molar-refractivity contribution >= 4 is 24.9 Å². The second-order valence-electron chi connectivity index (χ2n) is 5.09. The molecule has 0 bridgehead atoms. The zero-order chi connectivity index (χ0) is 17.8. The van der Waals surface area contributed by atoms with E-state index in [1.165, 1.54) is 0 Å². The zero-order valence-electron chi connectivity index (χ0n) is 13.8. The van der Waals surface area contributed by atoms with Crippen LogP contribution in [0.5, 0.6) is 0 Å². The van der Waals surface area contributed by atoms with Crippen LogP contribution in [0, 0.1) is 0 Å². The number of benzene rings is 1. The fraction of sp³-hybridized carbons (Fsp3) is 0.158. The van der Waals surface area contributed by atoms with Crippen LogP contribution in [0.15, 0.2) is 76.9 Å². The molecule has 1 aromatic carbocycles. The van der Waals surface area contributed by atoms with Crippen LogP contribution in [-0.2, 0) is 16.1 Å². The van der Waals surface area contributed by atoms with Gasteiger partial charge in [0.2, 0.25) is 6.41 Å². The molecule has 24 heavy (non-hydrogen) atoms. The maximum absolute atomic E-state index is 12.1. The lowest BCUT2D eigenvalue weighted by Gasteiger charge is -2.06. The fourth-order valence-corrected chi connectivity index (χ4v) is 1.89. The average molecular weight is 342 g/mol. The van der Waals surface area contributed by atoms with Gasteiger partial charge < -0.3 is 10.6 Å². The number of allylic oxidation sites excluding steroid dienone is 6. The minimum Gasteiger partial charge on any atom is -0.348 e. The predicted molar refractivity (Wildman–Crippen MR) is 101 cm³/mol. The molecule has 0 saturated carbocycles. The van der Waals surface area contributed by atoms with Crippen LogP contribution >= 0.6 is 12.6 Å². The molecule has 0 aliphatic carbocycles. The van der Waals surface area contributed by atoms with E-state index in [-0.39, 0.29) is 5.91 Å². The first-order valence-corrected chi connectivity index (χ1v) is 7.92. The Bertz CT molecular complexity index is 674. The SMILES string of the molecule is CC(/C=C\NC=O)=C/C=C/C(C)=C(\S)C(=O)NCc1ccccc1. The van der Waals surface area contributed by atoms with Crippen molar-refractivity contribution in [2.24, 2.45) is 0 Å². The topological polar surface area (TPSA) is 58.2 Å². The van der Waals surface area contributed by atoms with Crippen molar-refractivity contribution < 1.29 is 9.59 Å². The van der Waals surface area contributed by atoms with E-state index in [2.05, 4.69) is 23.3 Å². The highest BCUT2D eigenvalue weighted by Gasteiger charge is 2.06. The minimum absolute atomic E-state index is 0.208. The van der Waals surface area contributed by atoms with Gasteiger partial charge in [-0.15, -0.1) is 12.6 Å². The highest BCUT2D eigenvalue weighted by Crippen LogP contribution is 2.11. The quantitative estimate of drug-likeness (QED) is 0.294. The van der Waals surface area contributed by atoms with Crippen LogP contribution in [0.1, 0.15) is 19.4 Å². The van der Waals surface area contributed by atoms with E-state index in [9.17, 15) is 9.59 Å². The normalized spacial score (nSPS) is 13.0. The lowest BCUT2D eigenvalue weighted by molar-refractivity contribution is -0.117. The molecule has 0 aromatic heterocycles. The molecule has 2 amide bonds. The van der Waals surface area contributed by atoms with Crippen molar-refractivity contribution in [2.75, 3.05) is 0 Å². The van der Waals surface area contributed by atoms with E-state index in [0.717, 1.165) is 16.7 Å². The maximum atomic E-state index is 12.1. The van der Waals surface area contributed by atoms with E-state index in [1.54, 1.807) is 12.3 Å². The van der Waals surface area contributed by atoms with E-state index in [4.69, 9.17) is 0 Å². The maximum Gasteiger partial charge on any atom is 0.257 e. The van der Waals surface area contributed by atoms with Crippen molar-refractivity contribution in [3.8, 4) is 0 Å². The van der Waals surface area contributed by atoms with Crippen molar-refractivity contribution in [2.45, 2.75) is 20.4 Å². The molecule has 0 aliphatic rings. The Morgan fingerprint density at radius 1 is 1.17 bits per heavy atom. The first-order chi connectivity index (χ1) is 11.5. The Balaban J connectivity index is 2.60. The van der Waals surface area contributed by atoms with E-state index >= 15 is 0 Å². The Kier molecular flexibility index (Phi) is 9.01. The first kappa shape index (κ1) is 19.5. The van der Waals surface area contributed by atoms with Crippen LogP contribution in [-0.4, -0.2) is 12.3 Å². The number of amides is 2. The lowest BCUT2D eigenvalue weighted by Crippen LogP contribution is -2.23. The Morgan fingerprint density at radius 3 is 2.54 bits per heavy atom. The van der Waals surface area contributed by atoms with Crippen molar-refractivity contribution in [1.29, 1.82) is 0 Å². The third-order valence-corrected chi connectivity index (χ3v) is 3.66. The highest BCUT2D eigenvalue weighted by atomic mass is 32.1. The summed E-state index contributed by atoms with van der Waals surface area (Å²) in [7, 11) is 0. The number of carbonyl (C=O) groups is 2. The second-order valence-corrected chi connectivity index (χ2v) is 5.53. The number of hydrogen-bond donors (Lipinski definition) is 3. The van der Waals surface area contributed by atoms with Gasteiger partial charge in [0.1, 0.15) is 0 Å². The largest absolute Gasteiger partial charge is 0.348 e. The summed E-state index contributed by atoms with van der Waals surface area (Å²) in [5.74, 6) is -0.208.